The van der Waals surface area contributed by atoms with Crippen molar-refractivity contribution in [3.05, 3.63) is 0 Å². The molecule has 0 radical (unpaired) electrons. The van der Waals surface area contributed by atoms with Crippen LogP contribution < -0.4 is 11.5 Å². The van der Waals surface area contributed by atoms with Gasteiger partial charge in [-0.3, -0.25) is 0 Å². The highest BCUT2D eigenvalue weighted by Crippen LogP contribution is 2.34. The molecule has 0 aliphatic heterocycles. The van der Waals surface area contributed by atoms with Gasteiger partial charge in [0.05, 0.1) is 0 Å². The fourth-order valence-corrected chi connectivity index (χ4v) is 1.38. The van der Waals surface area contributed by atoms with Crippen molar-refractivity contribution in [2.75, 3.05) is 0 Å². The quantitative estimate of drug-likeness (QED) is 0.498. The molecule has 0 aromatic heterocycles. The average Bonchev–Trinajstić information content (AvgIpc) is 1.96. The van der Waals surface area contributed by atoms with Crippen LogP contribution in [0.2, 0.25) is 0 Å². The Morgan fingerprint density at radius 3 is 1.56 bits per heavy atom. The highest BCUT2D eigenvalue weighted by atomic mass is 14.8. The topological polar surface area (TPSA) is 52.0 Å². The number of nitrogens with two attached hydrogens (primary N) is 2. The molecular weight excluding hydrogens is 112 g/mol. The summed E-state index contributed by atoms with van der Waals surface area (Å²) in [6, 6.07) is 0.625. The van der Waals surface area contributed by atoms with Crippen LogP contribution in [0, 0.1) is 5.41 Å². The van der Waals surface area contributed by atoms with E-state index in [2.05, 4.69) is 13.8 Å². The van der Waals surface area contributed by atoms with E-state index in [0.29, 0.717) is 12.1 Å². The maximum Gasteiger partial charge on any atom is 0.0106 e. The van der Waals surface area contributed by atoms with Gasteiger partial charge in [0.15, 0.2) is 0 Å². The normalized spacial score (nSPS) is 41.3. The van der Waals surface area contributed by atoms with Crippen LogP contribution in [0.4, 0.5) is 0 Å². The molecule has 2 atom stereocenters. The zero-order valence-electron chi connectivity index (χ0n) is 6.22. The van der Waals surface area contributed by atoms with Gasteiger partial charge in [-0.05, 0) is 18.3 Å². The zero-order chi connectivity index (χ0) is 7.07. The highest BCUT2D eigenvalue weighted by Gasteiger charge is 2.38. The Bertz CT molecular complexity index is 97.5. The minimum atomic E-state index is 0.167. The predicted molar refractivity (Wildman–Crippen MR) is 39.0 cm³/mol. The van der Waals surface area contributed by atoms with Crippen LogP contribution in [0.3, 0.4) is 0 Å². The second-order valence-electron chi connectivity index (χ2n) is 3.61. The van der Waals surface area contributed by atoms with Crippen molar-refractivity contribution in [2.24, 2.45) is 16.9 Å². The summed E-state index contributed by atoms with van der Waals surface area (Å²) in [5.74, 6) is 0. The molecule has 1 rings (SSSR count). The Balaban J connectivity index is 2.66. The van der Waals surface area contributed by atoms with Gasteiger partial charge in [-0.1, -0.05) is 13.8 Å². The van der Waals surface area contributed by atoms with Gasteiger partial charge in [0.2, 0.25) is 0 Å². The second-order valence-corrected chi connectivity index (χ2v) is 3.61. The van der Waals surface area contributed by atoms with Gasteiger partial charge in [-0.25, -0.2) is 0 Å². The number of hydrogen-bond donors (Lipinski definition) is 2. The highest BCUT2D eigenvalue weighted by molar-refractivity contribution is 4.96. The van der Waals surface area contributed by atoms with Crippen LogP contribution in [0.1, 0.15) is 26.7 Å². The third kappa shape index (κ3) is 0.970. The van der Waals surface area contributed by atoms with Crippen LogP contribution >= 0.6 is 0 Å². The van der Waals surface area contributed by atoms with E-state index < -0.39 is 0 Å². The van der Waals surface area contributed by atoms with Crippen LogP contribution in [0.15, 0.2) is 0 Å². The molecule has 1 aliphatic carbocycles. The molecule has 0 spiro atoms. The Morgan fingerprint density at radius 2 is 1.44 bits per heavy atom. The molecule has 2 nitrogen and oxygen atoms in total. The van der Waals surface area contributed by atoms with E-state index >= 15 is 0 Å². The monoisotopic (exact) mass is 128 g/mol. The van der Waals surface area contributed by atoms with Crippen molar-refractivity contribution in [1.82, 2.24) is 0 Å². The van der Waals surface area contributed by atoms with E-state index in [4.69, 9.17) is 11.5 Å². The van der Waals surface area contributed by atoms with E-state index in [9.17, 15) is 0 Å². The molecule has 0 amide bonds. The third-order valence-electron chi connectivity index (χ3n) is 2.70. The summed E-state index contributed by atoms with van der Waals surface area (Å²) in [5.41, 5.74) is 11.8. The van der Waals surface area contributed by atoms with Crippen molar-refractivity contribution in [2.45, 2.75) is 38.8 Å². The first-order valence-electron chi connectivity index (χ1n) is 3.56. The van der Waals surface area contributed by atoms with Crippen LogP contribution in [0.25, 0.3) is 0 Å². The van der Waals surface area contributed by atoms with Crippen molar-refractivity contribution in [3.63, 3.8) is 0 Å². The molecule has 1 saturated carbocycles. The van der Waals surface area contributed by atoms with Gasteiger partial charge in [0, 0.05) is 12.1 Å². The molecule has 0 saturated heterocycles. The fourth-order valence-electron chi connectivity index (χ4n) is 1.38. The predicted octanol–water partition coefficient (Wildman–Crippen LogP) is 0.461. The van der Waals surface area contributed by atoms with Gasteiger partial charge >= 0.3 is 0 Å². The molecule has 0 aromatic carbocycles. The van der Waals surface area contributed by atoms with Gasteiger partial charge in [0.1, 0.15) is 0 Å². The van der Waals surface area contributed by atoms with E-state index in [-0.39, 0.29) is 5.41 Å². The maximum atomic E-state index is 5.82. The van der Waals surface area contributed by atoms with Gasteiger partial charge < -0.3 is 11.5 Å². The van der Waals surface area contributed by atoms with E-state index in [1.807, 2.05) is 0 Å². The van der Waals surface area contributed by atoms with Crippen molar-refractivity contribution in [3.8, 4) is 0 Å². The molecular formula is C7H16N2. The Morgan fingerprint density at radius 1 is 1.11 bits per heavy atom. The van der Waals surface area contributed by atoms with Gasteiger partial charge in [0.25, 0.3) is 0 Å². The van der Waals surface area contributed by atoms with Crippen LogP contribution in [-0.4, -0.2) is 12.1 Å². The molecule has 0 unspecified atom stereocenters. The molecule has 0 heterocycles. The summed E-state index contributed by atoms with van der Waals surface area (Å²) in [6.45, 7) is 4.30. The van der Waals surface area contributed by atoms with Crippen LogP contribution in [0.5, 0.6) is 0 Å². The molecule has 1 fully saturated rings. The first kappa shape index (κ1) is 7.03. The summed E-state index contributed by atoms with van der Waals surface area (Å²) in [4.78, 5) is 0. The lowest BCUT2D eigenvalue weighted by molar-refractivity contribution is 0.294. The lowest BCUT2D eigenvalue weighted by Crippen LogP contribution is -2.42. The molecule has 9 heavy (non-hydrogen) atoms. The lowest BCUT2D eigenvalue weighted by atomic mass is 9.85. The summed E-state index contributed by atoms with van der Waals surface area (Å²) >= 11 is 0. The minimum Gasteiger partial charge on any atom is -0.327 e. The number of rotatable bonds is 0. The second kappa shape index (κ2) is 1.96. The first-order chi connectivity index (χ1) is 4.05. The van der Waals surface area contributed by atoms with Gasteiger partial charge in [-0.15, -0.1) is 0 Å². The SMILES string of the molecule is CC1(C)[C@@H](N)CC[C@@H]1N. The first-order valence-corrected chi connectivity index (χ1v) is 3.56. The Hall–Kier alpha value is -0.0800. The lowest BCUT2D eigenvalue weighted by Gasteiger charge is -2.27. The van der Waals surface area contributed by atoms with Gasteiger partial charge in [-0.2, -0.15) is 0 Å². The molecule has 0 aromatic rings. The minimum absolute atomic E-state index is 0.167. The van der Waals surface area contributed by atoms with Crippen molar-refractivity contribution >= 4 is 0 Å². The van der Waals surface area contributed by atoms with E-state index in [0.717, 1.165) is 12.8 Å². The van der Waals surface area contributed by atoms with Crippen molar-refractivity contribution in [1.29, 1.82) is 0 Å². The summed E-state index contributed by atoms with van der Waals surface area (Å²) in [7, 11) is 0. The Labute approximate surface area is 56.6 Å². The van der Waals surface area contributed by atoms with E-state index in [1.165, 1.54) is 0 Å². The summed E-state index contributed by atoms with van der Waals surface area (Å²) < 4.78 is 0. The van der Waals surface area contributed by atoms with Crippen molar-refractivity contribution < 1.29 is 0 Å². The van der Waals surface area contributed by atoms with Crippen LogP contribution in [-0.2, 0) is 0 Å². The van der Waals surface area contributed by atoms with E-state index in [1.54, 1.807) is 0 Å². The summed E-state index contributed by atoms with van der Waals surface area (Å²) in [6.07, 6.45) is 2.18. The Kier molecular flexibility index (Phi) is 1.53. The molecule has 54 valence electrons. The summed E-state index contributed by atoms with van der Waals surface area (Å²) in [5, 5.41) is 0. The largest absolute Gasteiger partial charge is 0.327 e. The molecule has 0 bridgehead atoms. The zero-order valence-corrected chi connectivity index (χ0v) is 6.22. The molecule has 4 N–H and O–H groups in total. The smallest absolute Gasteiger partial charge is 0.0106 e. The maximum absolute atomic E-state index is 5.82. The average molecular weight is 128 g/mol. The molecule has 1 aliphatic rings. The third-order valence-corrected chi connectivity index (χ3v) is 2.70. The molecule has 2 heteroatoms. The standard InChI is InChI=1S/C7H16N2/c1-7(2)5(8)3-4-6(7)9/h5-6H,3-4,8-9H2,1-2H3/t5-,6-/m0/s1. The number of hydrogen-bond acceptors (Lipinski definition) is 2. The fraction of sp³-hybridized carbons (Fsp3) is 1.00.